The fourth-order valence-corrected chi connectivity index (χ4v) is 4.14. The number of anilines is 2. The number of rotatable bonds is 5. The fraction of sp³-hybridized carbons (Fsp3) is 0.250. The van der Waals surface area contributed by atoms with E-state index in [1.807, 2.05) is 18.2 Å². The van der Waals surface area contributed by atoms with E-state index in [-0.39, 0.29) is 17.6 Å². The van der Waals surface area contributed by atoms with Crippen LogP contribution in [-0.4, -0.2) is 41.2 Å². The summed E-state index contributed by atoms with van der Waals surface area (Å²) in [7, 11) is 1.59. The van der Waals surface area contributed by atoms with Gasteiger partial charge in [-0.15, -0.1) is 0 Å². The van der Waals surface area contributed by atoms with E-state index in [1.54, 1.807) is 25.3 Å². The average molecular weight is 447 g/mol. The Balaban J connectivity index is 1.41. The molecule has 0 spiro atoms. The number of ether oxygens (including phenoxy) is 1. The van der Waals surface area contributed by atoms with E-state index in [0.29, 0.717) is 46.2 Å². The van der Waals surface area contributed by atoms with E-state index >= 15 is 0 Å². The van der Waals surface area contributed by atoms with Crippen LogP contribution >= 0.6 is 0 Å². The van der Waals surface area contributed by atoms with Gasteiger partial charge in [-0.1, -0.05) is 11.2 Å². The molecule has 0 aliphatic carbocycles. The van der Waals surface area contributed by atoms with Gasteiger partial charge in [0.2, 0.25) is 5.91 Å². The van der Waals surface area contributed by atoms with Crippen molar-refractivity contribution in [2.24, 2.45) is 5.92 Å². The van der Waals surface area contributed by atoms with E-state index in [9.17, 15) is 9.18 Å². The molecule has 2 aromatic heterocycles. The van der Waals surface area contributed by atoms with Crippen LogP contribution in [0.5, 0.6) is 5.75 Å². The van der Waals surface area contributed by atoms with Crippen molar-refractivity contribution in [3.05, 3.63) is 60.7 Å². The lowest BCUT2D eigenvalue weighted by Crippen LogP contribution is -2.41. The largest absolute Gasteiger partial charge is 0.497 e. The molecule has 4 aromatic rings. The maximum atomic E-state index is 13.4. The number of hydrogen-bond donors (Lipinski definition) is 1. The third-order valence-electron chi connectivity index (χ3n) is 5.80. The molecule has 1 saturated heterocycles. The lowest BCUT2D eigenvalue weighted by atomic mass is 9.96. The molecule has 168 valence electrons. The smallest absolute Gasteiger partial charge is 0.263 e. The summed E-state index contributed by atoms with van der Waals surface area (Å²) in [6.07, 6.45) is 3.03. The van der Waals surface area contributed by atoms with Gasteiger partial charge in [0.15, 0.2) is 0 Å². The van der Waals surface area contributed by atoms with Crippen molar-refractivity contribution in [1.29, 1.82) is 0 Å². The quantitative estimate of drug-likeness (QED) is 0.488. The summed E-state index contributed by atoms with van der Waals surface area (Å²) in [5, 5.41) is 7.80. The zero-order valence-corrected chi connectivity index (χ0v) is 18.0. The normalized spacial score (nSPS) is 16.1. The highest BCUT2D eigenvalue weighted by Crippen LogP contribution is 2.35. The van der Waals surface area contributed by atoms with Crippen molar-refractivity contribution in [2.75, 3.05) is 30.4 Å². The van der Waals surface area contributed by atoms with Crippen LogP contribution in [0.15, 0.2) is 59.4 Å². The molecular weight excluding hydrogens is 425 g/mol. The number of nitrogens with zero attached hydrogens (tertiary/aromatic N) is 4. The van der Waals surface area contributed by atoms with Crippen molar-refractivity contribution in [3.63, 3.8) is 0 Å². The van der Waals surface area contributed by atoms with Gasteiger partial charge in [-0.3, -0.25) is 4.79 Å². The number of piperidine rings is 1. The first-order chi connectivity index (χ1) is 16.1. The summed E-state index contributed by atoms with van der Waals surface area (Å²) in [6, 6.07) is 13.3. The predicted octanol–water partition coefficient (Wildman–Crippen LogP) is 4.29. The number of carbonyl (C=O) groups excluding carboxylic acids is 1. The molecule has 1 fully saturated rings. The monoisotopic (exact) mass is 447 g/mol. The summed E-state index contributed by atoms with van der Waals surface area (Å²) >= 11 is 0. The molecule has 2 aromatic carbocycles. The van der Waals surface area contributed by atoms with Crippen LogP contribution in [0.4, 0.5) is 15.9 Å². The Morgan fingerprint density at radius 2 is 2.06 bits per heavy atom. The van der Waals surface area contributed by atoms with Crippen LogP contribution in [0, 0.1) is 11.7 Å². The van der Waals surface area contributed by atoms with Crippen LogP contribution in [0.3, 0.4) is 0 Å². The Kier molecular flexibility index (Phi) is 5.60. The van der Waals surface area contributed by atoms with Crippen LogP contribution < -0.4 is 15.0 Å². The van der Waals surface area contributed by atoms with Gasteiger partial charge in [0.05, 0.1) is 13.0 Å². The molecule has 9 heteroatoms. The first-order valence-corrected chi connectivity index (χ1v) is 10.7. The van der Waals surface area contributed by atoms with Gasteiger partial charge in [-0.05, 0) is 49.2 Å². The minimum atomic E-state index is -0.330. The molecule has 5 rings (SSSR count). The molecule has 0 saturated carbocycles. The molecule has 1 aliphatic heterocycles. The number of methoxy groups -OCH3 is 1. The lowest BCUT2D eigenvalue weighted by Gasteiger charge is -2.33. The minimum absolute atomic E-state index is 0.0534. The van der Waals surface area contributed by atoms with Gasteiger partial charge < -0.3 is 19.5 Å². The number of amides is 1. The fourth-order valence-electron chi connectivity index (χ4n) is 4.14. The maximum absolute atomic E-state index is 13.4. The van der Waals surface area contributed by atoms with Gasteiger partial charge in [0, 0.05) is 30.4 Å². The molecule has 0 unspecified atom stereocenters. The lowest BCUT2D eigenvalue weighted by molar-refractivity contribution is -0.120. The van der Waals surface area contributed by atoms with Crippen LogP contribution in [0.1, 0.15) is 12.8 Å². The second kappa shape index (κ2) is 8.85. The molecule has 1 N–H and O–H groups in total. The molecule has 33 heavy (non-hydrogen) atoms. The van der Waals surface area contributed by atoms with Crippen molar-refractivity contribution < 1.29 is 18.4 Å². The average Bonchev–Trinajstić information content (AvgIpc) is 3.29. The summed E-state index contributed by atoms with van der Waals surface area (Å²) in [4.78, 5) is 23.8. The Bertz CT molecular complexity index is 1290. The first kappa shape index (κ1) is 20.9. The number of nitrogens with one attached hydrogen (secondary N) is 1. The second-order valence-corrected chi connectivity index (χ2v) is 7.92. The second-order valence-electron chi connectivity index (χ2n) is 7.92. The number of carbonyl (C=O) groups is 1. The third kappa shape index (κ3) is 4.21. The number of halogens is 1. The Hall–Kier alpha value is -4.01. The SMILES string of the molecule is COc1cccc(NC(=O)[C@H]2CCCN(c3ncnc4onc(-c5ccc(F)cc5)c34)C2)c1. The van der Waals surface area contributed by atoms with Crippen LogP contribution in [-0.2, 0) is 4.79 Å². The summed E-state index contributed by atoms with van der Waals surface area (Å²) in [5.41, 5.74) is 2.29. The van der Waals surface area contributed by atoms with Crippen molar-refractivity contribution in [3.8, 4) is 17.0 Å². The van der Waals surface area contributed by atoms with E-state index in [2.05, 4.69) is 25.3 Å². The zero-order chi connectivity index (χ0) is 22.8. The molecular formula is C24H22FN5O3. The first-order valence-electron chi connectivity index (χ1n) is 10.7. The van der Waals surface area contributed by atoms with E-state index in [0.717, 1.165) is 19.4 Å². The Morgan fingerprint density at radius 1 is 1.21 bits per heavy atom. The molecule has 1 aliphatic rings. The van der Waals surface area contributed by atoms with Gasteiger partial charge in [0.1, 0.15) is 34.8 Å². The minimum Gasteiger partial charge on any atom is -0.497 e. The predicted molar refractivity (Wildman–Crippen MR) is 122 cm³/mol. The van der Waals surface area contributed by atoms with Crippen LogP contribution in [0.2, 0.25) is 0 Å². The van der Waals surface area contributed by atoms with Gasteiger partial charge >= 0.3 is 0 Å². The number of fused-ring (bicyclic) bond motifs is 1. The number of aromatic nitrogens is 3. The van der Waals surface area contributed by atoms with Gasteiger partial charge in [-0.2, -0.15) is 4.98 Å². The molecule has 8 nitrogen and oxygen atoms in total. The Morgan fingerprint density at radius 3 is 2.88 bits per heavy atom. The molecule has 0 radical (unpaired) electrons. The third-order valence-corrected chi connectivity index (χ3v) is 5.80. The van der Waals surface area contributed by atoms with Crippen LogP contribution in [0.25, 0.3) is 22.4 Å². The highest BCUT2D eigenvalue weighted by molar-refractivity contribution is 5.98. The summed E-state index contributed by atoms with van der Waals surface area (Å²) < 4.78 is 24.1. The standard InChI is InChI=1S/C24H22FN5O3/c1-32-19-6-2-5-18(12-19)28-23(31)16-4-3-11-30(13-16)22-20-21(15-7-9-17(25)10-8-15)29-33-24(20)27-14-26-22/h2,5-10,12,14,16H,3-4,11,13H2,1H3,(H,28,31)/t16-/m0/s1. The molecule has 0 bridgehead atoms. The number of benzene rings is 2. The maximum Gasteiger partial charge on any atom is 0.263 e. The van der Waals surface area contributed by atoms with Crippen molar-refractivity contribution >= 4 is 28.5 Å². The number of hydrogen-bond acceptors (Lipinski definition) is 7. The van der Waals surface area contributed by atoms with Gasteiger partial charge in [-0.25, -0.2) is 9.37 Å². The van der Waals surface area contributed by atoms with Crippen molar-refractivity contribution in [2.45, 2.75) is 12.8 Å². The van der Waals surface area contributed by atoms with E-state index in [1.165, 1.54) is 18.5 Å². The van der Waals surface area contributed by atoms with E-state index < -0.39 is 0 Å². The molecule has 3 heterocycles. The van der Waals surface area contributed by atoms with E-state index in [4.69, 9.17) is 9.26 Å². The van der Waals surface area contributed by atoms with Gasteiger partial charge in [0.25, 0.3) is 5.71 Å². The zero-order valence-electron chi connectivity index (χ0n) is 18.0. The highest BCUT2D eigenvalue weighted by atomic mass is 19.1. The highest BCUT2D eigenvalue weighted by Gasteiger charge is 2.29. The molecule has 1 amide bonds. The van der Waals surface area contributed by atoms with Crippen molar-refractivity contribution in [1.82, 2.24) is 15.1 Å². The summed E-state index contributed by atoms with van der Waals surface area (Å²) in [6.45, 7) is 1.24. The molecule has 1 atom stereocenters. The Labute approximate surface area is 189 Å². The summed E-state index contributed by atoms with van der Waals surface area (Å²) in [5.74, 6) is 0.733. The topological polar surface area (TPSA) is 93.4 Å².